The van der Waals surface area contributed by atoms with Crippen molar-refractivity contribution in [3.63, 3.8) is 0 Å². The fourth-order valence-electron chi connectivity index (χ4n) is 4.23. The van der Waals surface area contributed by atoms with Crippen LogP contribution in [0.4, 0.5) is 31.1 Å². The van der Waals surface area contributed by atoms with E-state index in [1.165, 1.54) is 11.0 Å². The fourth-order valence-corrected chi connectivity index (χ4v) is 4.23. The van der Waals surface area contributed by atoms with Crippen LogP contribution in [0.5, 0.6) is 0 Å². The van der Waals surface area contributed by atoms with Crippen molar-refractivity contribution in [1.29, 1.82) is 0 Å². The van der Waals surface area contributed by atoms with Crippen LogP contribution in [-0.2, 0) is 28.4 Å². The lowest BCUT2D eigenvalue weighted by Crippen LogP contribution is -2.56. The topological polar surface area (TPSA) is 38.8 Å². The number of carbonyl (C=O) groups excluding carboxylic acids is 1. The zero-order chi connectivity index (χ0) is 23.8. The number of fused-ring (bicyclic) bond motifs is 2. The quantitative estimate of drug-likeness (QED) is 0.522. The molecule has 1 fully saturated rings. The number of morpholine rings is 1. The summed E-state index contributed by atoms with van der Waals surface area (Å²) >= 11 is 0. The largest absolute Gasteiger partial charge is 0.445 e. The van der Waals surface area contributed by atoms with Crippen molar-refractivity contribution < 1.29 is 40.6 Å². The summed E-state index contributed by atoms with van der Waals surface area (Å²) < 4.78 is 92.5. The average Bonchev–Trinajstić information content (AvgIpc) is 2.75. The highest BCUT2D eigenvalue weighted by Crippen LogP contribution is 2.45. The summed E-state index contributed by atoms with van der Waals surface area (Å²) in [6, 6.07) is 9.30. The minimum absolute atomic E-state index is 0.0117. The predicted molar refractivity (Wildman–Crippen MR) is 106 cm³/mol. The van der Waals surface area contributed by atoms with Gasteiger partial charge in [-0.05, 0) is 29.7 Å². The summed E-state index contributed by atoms with van der Waals surface area (Å²) in [5.41, 5.74) is -2.98. The molecule has 0 spiro atoms. The summed E-state index contributed by atoms with van der Waals surface area (Å²) in [6.45, 7) is -0.0953. The number of alkyl halides is 6. The number of benzene rings is 2. The lowest BCUT2D eigenvalue weighted by atomic mass is 9.85. The Labute approximate surface area is 185 Å². The SMILES string of the molecule is O=C(OCc1ccccc1)N1C2C=C(c3c(C(F)(F)F)cccc3C(F)(F)F)CC1COC2. The fraction of sp³-hybridized carbons (Fsp3) is 0.348. The lowest BCUT2D eigenvalue weighted by Gasteiger charge is -2.44. The van der Waals surface area contributed by atoms with Gasteiger partial charge in [0, 0.05) is 5.56 Å². The van der Waals surface area contributed by atoms with Crippen molar-refractivity contribution in [2.45, 2.75) is 37.5 Å². The first-order valence-electron chi connectivity index (χ1n) is 10.1. The molecule has 1 saturated heterocycles. The Hall–Kier alpha value is -3.01. The molecule has 0 aliphatic carbocycles. The number of rotatable bonds is 3. The van der Waals surface area contributed by atoms with Crippen LogP contribution < -0.4 is 0 Å². The van der Waals surface area contributed by atoms with Crippen molar-refractivity contribution in [3.8, 4) is 0 Å². The number of amides is 1. The molecule has 1 amide bonds. The van der Waals surface area contributed by atoms with Gasteiger partial charge in [0.15, 0.2) is 0 Å². The van der Waals surface area contributed by atoms with E-state index in [9.17, 15) is 31.1 Å². The lowest BCUT2D eigenvalue weighted by molar-refractivity contribution is -0.143. The van der Waals surface area contributed by atoms with E-state index in [1.54, 1.807) is 30.3 Å². The number of hydrogen-bond donors (Lipinski definition) is 0. The predicted octanol–water partition coefficient (Wildman–Crippen LogP) is 5.92. The standard InChI is InChI=1S/C23H19F6NO3/c24-22(25,26)18-7-4-8-19(23(27,28)29)20(18)15-9-16-12-32-13-17(10-15)30(16)21(31)33-11-14-5-2-1-3-6-14/h1-9,16-17H,10-13H2. The molecular weight excluding hydrogens is 452 g/mol. The van der Waals surface area contributed by atoms with Crippen LogP contribution in [0.1, 0.15) is 28.7 Å². The maximum Gasteiger partial charge on any atom is 0.417 e. The van der Waals surface area contributed by atoms with E-state index in [-0.39, 0.29) is 31.8 Å². The molecule has 2 unspecified atom stereocenters. The van der Waals surface area contributed by atoms with Crippen molar-refractivity contribution in [3.05, 3.63) is 76.9 Å². The van der Waals surface area contributed by atoms with Crippen LogP contribution in [-0.4, -0.2) is 36.3 Å². The Morgan fingerprint density at radius 1 is 0.939 bits per heavy atom. The number of carbonyl (C=O) groups is 1. The van der Waals surface area contributed by atoms with Crippen molar-refractivity contribution in [1.82, 2.24) is 4.90 Å². The highest BCUT2D eigenvalue weighted by atomic mass is 19.4. The molecule has 2 aliphatic rings. The van der Waals surface area contributed by atoms with Crippen LogP contribution in [0.3, 0.4) is 0 Å². The molecule has 2 aromatic carbocycles. The Morgan fingerprint density at radius 2 is 1.58 bits per heavy atom. The van der Waals surface area contributed by atoms with Gasteiger partial charge in [0.25, 0.3) is 0 Å². The maximum atomic E-state index is 13.6. The Kier molecular flexibility index (Phi) is 6.13. The number of nitrogens with zero attached hydrogens (tertiary/aromatic N) is 1. The van der Waals surface area contributed by atoms with E-state index in [1.807, 2.05) is 0 Å². The van der Waals surface area contributed by atoms with Gasteiger partial charge in [0.1, 0.15) is 6.61 Å². The number of halogens is 6. The molecule has 0 N–H and O–H groups in total. The van der Waals surface area contributed by atoms with Gasteiger partial charge in [0.2, 0.25) is 0 Å². The molecule has 2 aliphatic heterocycles. The number of hydrogen-bond acceptors (Lipinski definition) is 3. The second-order valence-electron chi connectivity index (χ2n) is 7.83. The van der Waals surface area contributed by atoms with Gasteiger partial charge in [-0.25, -0.2) is 4.79 Å². The van der Waals surface area contributed by atoms with Gasteiger partial charge >= 0.3 is 18.4 Å². The molecule has 10 heteroatoms. The van der Waals surface area contributed by atoms with Gasteiger partial charge in [-0.15, -0.1) is 0 Å². The first-order chi connectivity index (χ1) is 15.6. The van der Waals surface area contributed by atoms with Gasteiger partial charge in [-0.3, -0.25) is 4.90 Å². The van der Waals surface area contributed by atoms with Gasteiger partial charge in [0.05, 0.1) is 36.4 Å². The minimum atomic E-state index is -4.98. The van der Waals surface area contributed by atoms with Crippen molar-refractivity contribution in [2.24, 2.45) is 0 Å². The molecule has 4 rings (SSSR count). The van der Waals surface area contributed by atoms with Crippen LogP contribution in [0.2, 0.25) is 0 Å². The van der Waals surface area contributed by atoms with E-state index >= 15 is 0 Å². The van der Waals surface area contributed by atoms with Crippen molar-refractivity contribution in [2.75, 3.05) is 13.2 Å². The van der Waals surface area contributed by atoms with E-state index < -0.39 is 47.2 Å². The van der Waals surface area contributed by atoms with Crippen LogP contribution in [0, 0.1) is 0 Å². The molecule has 2 bridgehead atoms. The molecule has 4 nitrogen and oxygen atoms in total. The van der Waals surface area contributed by atoms with Crippen LogP contribution in [0.25, 0.3) is 5.57 Å². The highest BCUT2D eigenvalue weighted by molar-refractivity contribution is 5.77. The number of ether oxygens (including phenoxy) is 2. The summed E-state index contributed by atoms with van der Waals surface area (Å²) in [6.07, 6.45) is -9.64. The first kappa shape index (κ1) is 23.2. The first-order valence-corrected chi connectivity index (χ1v) is 10.1. The molecule has 0 radical (unpaired) electrons. The molecule has 176 valence electrons. The monoisotopic (exact) mass is 471 g/mol. The molecule has 2 aromatic rings. The Morgan fingerprint density at radius 3 is 2.15 bits per heavy atom. The van der Waals surface area contributed by atoms with E-state index in [0.29, 0.717) is 12.1 Å². The summed E-state index contributed by atoms with van der Waals surface area (Å²) in [4.78, 5) is 14.1. The van der Waals surface area contributed by atoms with Crippen LogP contribution >= 0.6 is 0 Å². The second kappa shape index (κ2) is 8.74. The molecule has 2 atom stereocenters. The smallest absolute Gasteiger partial charge is 0.417 e. The summed E-state index contributed by atoms with van der Waals surface area (Å²) in [5, 5.41) is 0. The Balaban J connectivity index is 1.67. The van der Waals surface area contributed by atoms with Crippen LogP contribution in [0.15, 0.2) is 54.6 Å². The average molecular weight is 471 g/mol. The second-order valence-corrected chi connectivity index (χ2v) is 7.83. The molecule has 2 heterocycles. The third kappa shape index (κ3) is 4.85. The summed E-state index contributed by atoms with van der Waals surface area (Å²) in [5.74, 6) is 0. The van der Waals surface area contributed by atoms with Crippen molar-refractivity contribution >= 4 is 11.7 Å². The third-order valence-corrected chi connectivity index (χ3v) is 5.61. The third-order valence-electron chi connectivity index (χ3n) is 5.61. The molecule has 0 saturated carbocycles. The Bertz CT molecular complexity index is 1020. The van der Waals surface area contributed by atoms with Gasteiger partial charge in [-0.2, -0.15) is 26.3 Å². The molecule has 0 aromatic heterocycles. The van der Waals surface area contributed by atoms with E-state index in [4.69, 9.17) is 9.47 Å². The minimum Gasteiger partial charge on any atom is -0.445 e. The van der Waals surface area contributed by atoms with E-state index in [0.717, 1.165) is 11.6 Å². The molecular formula is C23H19F6NO3. The normalized spacial score (nSPS) is 20.9. The zero-order valence-corrected chi connectivity index (χ0v) is 17.1. The van der Waals surface area contributed by atoms with Gasteiger partial charge in [-0.1, -0.05) is 42.5 Å². The zero-order valence-electron chi connectivity index (χ0n) is 17.1. The maximum absolute atomic E-state index is 13.6. The van der Waals surface area contributed by atoms with E-state index in [2.05, 4.69) is 0 Å². The molecule has 33 heavy (non-hydrogen) atoms. The highest BCUT2D eigenvalue weighted by Gasteiger charge is 2.45. The summed E-state index contributed by atoms with van der Waals surface area (Å²) in [7, 11) is 0. The van der Waals surface area contributed by atoms with Gasteiger partial charge < -0.3 is 9.47 Å².